The van der Waals surface area contributed by atoms with Crippen molar-refractivity contribution in [3.63, 3.8) is 0 Å². The summed E-state index contributed by atoms with van der Waals surface area (Å²) in [5, 5.41) is 11.2. The summed E-state index contributed by atoms with van der Waals surface area (Å²) in [4.78, 5) is 11.8. The summed E-state index contributed by atoms with van der Waals surface area (Å²) >= 11 is 0. The Bertz CT molecular complexity index is 533. The van der Waals surface area contributed by atoms with Crippen LogP contribution >= 0.6 is 0 Å². The molecule has 0 spiro atoms. The number of esters is 1. The number of methoxy groups -OCH3 is 1. The molecule has 4 unspecified atom stereocenters. The fourth-order valence-corrected chi connectivity index (χ4v) is 4.23. The second kappa shape index (κ2) is 4.18. The van der Waals surface area contributed by atoms with Gasteiger partial charge in [0.2, 0.25) is 0 Å². The summed E-state index contributed by atoms with van der Waals surface area (Å²) in [6, 6.07) is 0. The number of rotatable bonds is 1. The molecule has 0 aromatic carbocycles. The number of hydrogen-bond donors (Lipinski definition) is 1. The standard InChI is InChI=1S/C16H22O4/c1-9-6-5-7-16(18)8-11-12(10(2)14(17)20-11)13(19-4)15(9,16)3/h8-9,13,18H,5-7H2,1-4H3. The Hall–Kier alpha value is -1.13. The van der Waals surface area contributed by atoms with E-state index in [2.05, 4.69) is 13.8 Å². The first-order valence-electron chi connectivity index (χ1n) is 7.26. The molecule has 20 heavy (non-hydrogen) atoms. The van der Waals surface area contributed by atoms with Gasteiger partial charge < -0.3 is 14.6 Å². The summed E-state index contributed by atoms with van der Waals surface area (Å²) in [5.74, 6) is 0.472. The number of fused-ring (bicyclic) bond motifs is 2. The van der Waals surface area contributed by atoms with Crippen molar-refractivity contribution in [3.05, 3.63) is 23.0 Å². The lowest BCUT2D eigenvalue weighted by Gasteiger charge is -2.56. The molecule has 1 aliphatic heterocycles. The molecule has 1 heterocycles. The van der Waals surface area contributed by atoms with Gasteiger partial charge in [0, 0.05) is 23.7 Å². The topological polar surface area (TPSA) is 55.8 Å². The molecular weight excluding hydrogens is 256 g/mol. The van der Waals surface area contributed by atoms with Gasteiger partial charge in [0.1, 0.15) is 5.76 Å². The van der Waals surface area contributed by atoms with Crippen LogP contribution in [0.15, 0.2) is 23.0 Å². The van der Waals surface area contributed by atoms with Crippen LogP contribution in [0.3, 0.4) is 0 Å². The van der Waals surface area contributed by atoms with Gasteiger partial charge in [0.15, 0.2) is 0 Å². The summed E-state index contributed by atoms with van der Waals surface area (Å²) in [6.07, 6.45) is 4.15. The fraction of sp³-hybridized carbons (Fsp3) is 0.688. The van der Waals surface area contributed by atoms with Crippen molar-refractivity contribution in [3.8, 4) is 0 Å². The van der Waals surface area contributed by atoms with Crippen molar-refractivity contribution >= 4 is 5.97 Å². The van der Waals surface area contributed by atoms with Crippen LogP contribution in [-0.4, -0.2) is 29.9 Å². The number of aliphatic hydroxyl groups is 1. The molecule has 1 N–H and O–H groups in total. The highest BCUT2D eigenvalue weighted by atomic mass is 16.5. The lowest BCUT2D eigenvalue weighted by Crippen LogP contribution is -2.61. The van der Waals surface area contributed by atoms with Crippen LogP contribution in [0.5, 0.6) is 0 Å². The van der Waals surface area contributed by atoms with Crippen LogP contribution in [0, 0.1) is 11.3 Å². The minimum atomic E-state index is -0.977. The molecule has 4 atom stereocenters. The first-order chi connectivity index (χ1) is 9.35. The normalized spacial score (nSPS) is 43.9. The molecule has 1 saturated carbocycles. The highest BCUT2D eigenvalue weighted by Crippen LogP contribution is 2.58. The summed E-state index contributed by atoms with van der Waals surface area (Å²) in [7, 11) is 1.64. The van der Waals surface area contributed by atoms with Crippen molar-refractivity contribution in [2.75, 3.05) is 7.11 Å². The van der Waals surface area contributed by atoms with Crippen LogP contribution in [0.25, 0.3) is 0 Å². The molecule has 1 fully saturated rings. The van der Waals surface area contributed by atoms with Crippen molar-refractivity contribution in [2.24, 2.45) is 11.3 Å². The van der Waals surface area contributed by atoms with Crippen LogP contribution in [0.1, 0.15) is 40.0 Å². The van der Waals surface area contributed by atoms with E-state index in [-0.39, 0.29) is 12.1 Å². The highest BCUT2D eigenvalue weighted by molar-refractivity contribution is 5.94. The molecule has 0 saturated heterocycles. The Morgan fingerprint density at radius 3 is 2.85 bits per heavy atom. The fourth-order valence-electron chi connectivity index (χ4n) is 4.23. The van der Waals surface area contributed by atoms with Crippen molar-refractivity contribution in [2.45, 2.75) is 51.7 Å². The summed E-state index contributed by atoms with van der Waals surface area (Å²) in [5.41, 5.74) is 0.00551. The number of ether oxygens (including phenoxy) is 2. The Balaban J connectivity index is 2.24. The maximum absolute atomic E-state index is 11.8. The Labute approximate surface area is 119 Å². The molecule has 0 amide bonds. The SMILES string of the molecule is COC1C2=C(C)C(=O)OC2=CC2(O)CCCC(C)C12C. The quantitative estimate of drug-likeness (QED) is 0.748. The molecule has 2 aliphatic carbocycles. The lowest BCUT2D eigenvalue weighted by molar-refractivity contribution is -0.163. The zero-order chi connectivity index (χ0) is 14.7. The zero-order valence-corrected chi connectivity index (χ0v) is 12.5. The Morgan fingerprint density at radius 1 is 1.50 bits per heavy atom. The van der Waals surface area contributed by atoms with Gasteiger partial charge in [-0.1, -0.05) is 13.8 Å². The average molecular weight is 278 g/mol. The van der Waals surface area contributed by atoms with E-state index in [9.17, 15) is 9.90 Å². The van der Waals surface area contributed by atoms with Gasteiger partial charge in [-0.2, -0.15) is 0 Å². The smallest absolute Gasteiger partial charge is 0.339 e. The van der Waals surface area contributed by atoms with E-state index >= 15 is 0 Å². The van der Waals surface area contributed by atoms with Gasteiger partial charge in [0.05, 0.1) is 11.7 Å². The van der Waals surface area contributed by atoms with Gasteiger partial charge in [-0.3, -0.25) is 0 Å². The zero-order valence-electron chi connectivity index (χ0n) is 12.5. The molecule has 0 bridgehead atoms. The second-order valence-electron chi connectivity index (χ2n) is 6.55. The third-order valence-electron chi connectivity index (χ3n) is 5.74. The number of carbonyl (C=O) groups is 1. The number of carbonyl (C=O) groups excluding carboxylic acids is 1. The summed E-state index contributed by atoms with van der Waals surface area (Å²) < 4.78 is 11.1. The molecule has 0 aromatic rings. The molecule has 3 rings (SSSR count). The number of hydrogen-bond acceptors (Lipinski definition) is 4. The minimum Gasteiger partial charge on any atom is -0.423 e. The van der Waals surface area contributed by atoms with Crippen molar-refractivity contribution in [1.82, 2.24) is 0 Å². The predicted molar refractivity (Wildman–Crippen MR) is 73.7 cm³/mol. The monoisotopic (exact) mass is 278 g/mol. The summed E-state index contributed by atoms with van der Waals surface area (Å²) in [6.45, 7) is 6.00. The molecular formula is C16H22O4. The first-order valence-corrected chi connectivity index (χ1v) is 7.26. The van der Waals surface area contributed by atoms with Crippen LogP contribution in [0.4, 0.5) is 0 Å². The predicted octanol–water partition coefficient (Wildman–Crippen LogP) is 2.33. The molecule has 0 aromatic heterocycles. The van der Waals surface area contributed by atoms with Gasteiger partial charge in [-0.15, -0.1) is 0 Å². The van der Waals surface area contributed by atoms with Gasteiger partial charge in [-0.25, -0.2) is 4.79 Å². The molecule has 4 heteroatoms. The van der Waals surface area contributed by atoms with E-state index in [1.807, 2.05) is 0 Å². The van der Waals surface area contributed by atoms with Crippen molar-refractivity contribution in [1.29, 1.82) is 0 Å². The minimum absolute atomic E-state index is 0.306. The highest BCUT2D eigenvalue weighted by Gasteiger charge is 2.61. The van der Waals surface area contributed by atoms with E-state index < -0.39 is 11.0 Å². The molecule has 0 radical (unpaired) electrons. The largest absolute Gasteiger partial charge is 0.423 e. The Kier molecular flexibility index (Phi) is 2.89. The molecule has 110 valence electrons. The van der Waals surface area contributed by atoms with Crippen LogP contribution in [-0.2, 0) is 14.3 Å². The van der Waals surface area contributed by atoms with E-state index in [0.29, 0.717) is 23.7 Å². The van der Waals surface area contributed by atoms with Crippen molar-refractivity contribution < 1.29 is 19.4 Å². The lowest BCUT2D eigenvalue weighted by atomic mass is 9.52. The van der Waals surface area contributed by atoms with E-state index in [4.69, 9.17) is 9.47 Å². The van der Waals surface area contributed by atoms with Gasteiger partial charge >= 0.3 is 5.97 Å². The second-order valence-corrected chi connectivity index (χ2v) is 6.55. The van der Waals surface area contributed by atoms with Gasteiger partial charge in [-0.05, 0) is 38.2 Å². The van der Waals surface area contributed by atoms with E-state index in [0.717, 1.165) is 18.4 Å². The molecule has 3 aliphatic rings. The Morgan fingerprint density at radius 2 is 2.20 bits per heavy atom. The third kappa shape index (κ3) is 1.46. The van der Waals surface area contributed by atoms with E-state index in [1.54, 1.807) is 20.1 Å². The maximum atomic E-state index is 11.8. The third-order valence-corrected chi connectivity index (χ3v) is 5.74. The molecule has 4 nitrogen and oxygen atoms in total. The first kappa shape index (κ1) is 13.8. The maximum Gasteiger partial charge on any atom is 0.339 e. The van der Waals surface area contributed by atoms with E-state index in [1.165, 1.54) is 0 Å². The van der Waals surface area contributed by atoms with Gasteiger partial charge in [0.25, 0.3) is 0 Å². The van der Waals surface area contributed by atoms with Crippen LogP contribution in [0.2, 0.25) is 0 Å². The average Bonchev–Trinajstić information content (AvgIpc) is 2.65. The van der Waals surface area contributed by atoms with Crippen LogP contribution < -0.4 is 0 Å².